The van der Waals surface area contributed by atoms with Crippen LogP contribution in [-0.4, -0.2) is 5.91 Å². The van der Waals surface area contributed by atoms with Crippen LogP contribution in [0.15, 0.2) is 53.4 Å². The number of hydrogen-bond donors (Lipinski definition) is 2. The highest BCUT2D eigenvalue weighted by molar-refractivity contribution is 8.00. The molecule has 18 heavy (non-hydrogen) atoms. The van der Waals surface area contributed by atoms with Crippen molar-refractivity contribution in [3.05, 3.63) is 59.7 Å². The van der Waals surface area contributed by atoms with Gasteiger partial charge in [0.05, 0.1) is 0 Å². The molecule has 0 unspecified atom stereocenters. The van der Waals surface area contributed by atoms with Crippen molar-refractivity contribution in [3.8, 4) is 0 Å². The maximum Gasteiger partial charge on any atom is 0.248 e. The van der Waals surface area contributed by atoms with Crippen molar-refractivity contribution < 1.29 is 4.79 Å². The molecule has 0 aliphatic rings. The molecule has 0 aromatic heterocycles. The van der Waals surface area contributed by atoms with Gasteiger partial charge in [0.15, 0.2) is 0 Å². The van der Waals surface area contributed by atoms with Gasteiger partial charge in [0.25, 0.3) is 0 Å². The molecule has 2 rings (SSSR count). The molecule has 0 atom stereocenters. The second-order valence-electron chi connectivity index (χ2n) is 3.96. The molecule has 0 bridgehead atoms. The normalized spacial score (nSPS) is 10.1. The van der Waals surface area contributed by atoms with E-state index in [-0.39, 0.29) is 0 Å². The number of carbonyl (C=O) groups excluding carboxylic acids is 1. The summed E-state index contributed by atoms with van der Waals surface area (Å²) in [6.07, 6.45) is 0. The molecule has 2 aromatic carbocycles. The number of amides is 1. The lowest BCUT2D eigenvalue weighted by Gasteiger charge is -2.06. The van der Waals surface area contributed by atoms with Crippen molar-refractivity contribution in [2.75, 3.05) is 4.72 Å². The number of rotatable bonds is 4. The highest BCUT2D eigenvalue weighted by Gasteiger charge is 2.00. The zero-order chi connectivity index (χ0) is 13.0. The standard InChI is InChI=1S/C14H14N2OS/c1-10-3-2-4-12(9-10)16-18-13-7-5-11(6-8-13)14(15)17/h2-9,16H,1H3,(H2,15,17). The quantitative estimate of drug-likeness (QED) is 0.828. The van der Waals surface area contributed by atoms with E-state index in [2.05, 4.69) is 23.8 Å². The summed E-state index contributed by atoms with van der Waals surface area (Å²) in [4.78, 5) is 12.0. The summed E-state index contributed by atoms with van der Waals surface area (Å²) < 4.78 is 3.25. The zero-order valence-electron chi connectivity index (χ0n) is 10.0. The van der Waals surface area contributed by atoms with Gasteiger partial charge in [-0.05, 0) is 60.8 Å². The summed E-state index contributed by atoms with van der Waals surface area (Å²) in [6.45, 7) is 2.05. The number of nitrogens with two attached hydrogens (primary N) is 1. The predicted octanol–water partition coefficient (Wildman–Crippen LogP) is 3.21. The average molecular weight is 258 g/mol. The Kier molecular flexibility index (Phi) is 3.89. The predicted molar refractivity (Wildman–Crippen MR) is 75.6 cm³/mol. The largest absolute Gasteiger partial charge is 0.366 e. The summed E-state index contributed by atoms with van der Waals surface area (Å²) in [5, 5.41) is 0. The minimum atomic E-state index is -0.404. The van der Waals surface area contributed by atoms with E-state index in [4.69, 9.17) is 5.73 Å². The Morgan fingerprint density at radius 3 is 2.50 bits per heavy atom. The molecule has 0 saturated carbocycles. The van der Waals surface area contributed by atoms with Gasteiger partial charge in [-0.3, -0.25) is 4.79 Å². The fourth-order valence-corrected chi connectivity index (χ4v) is 2.15. The lowest BCUT2D eigenvalue weighted by atomic mass is 10.2. The Hall–Kier alpha value is -1.94. The van der Waals surface area contributed by atoms with Crippen LogP contribution in [0, 0.1) is 6.92 Å². The molecule has 0 fully saturated rings. The van der Waals surface area contributed by atoms with E-state index in [1.165, 1.54) is 17.5 Å². The molecule has 1 amide bonds. The molecule has 0 saturated heterocycles. The van der Waals surface area contributed by atoms with Gasteiger partial charge in [0.2, 0.25) is 5.91 Å². The average Bonchev–Trinajstić information content (AvgIpc) is 2.37. The first kappa shape index (κ1) is 12.5. The van der Waals surface area contributed by atoms with E-state index in [0.717, 1.165) is 10.6 Å². The molecule has 4 heteroatoms. The third kappa shape index (κ3) is 3.28. The number of nitrogens with one attached hydrogen (secondary N) is 1. The molecule has 0 spiro atoms. The van der Waals surface area contributed by atoms with E-state index in [0.29, 0.717) is 5.56 Å². The molecular formula is C14H14N2OS. The summed E-state index contributed by atoms with van der Waals surface area (Å²) >= 11 is 1.50. The molecule has 92 valence electrons. The number of aryl methyl sites for hydroxylation is 1. The number of carbonyl (C=O) groups is 1. The molecular weight excluding hydrogens is 244 g/mol. The van der Waals surface area contributed by atoms with E-state index in [1.807, 2.05) is 24.3 Å². The number of anilines is 1. The second kappa shape index (κ2) is 5.60. The third-order valence-electron chi connectivity index (χ3n) is 2.44. The van der Waals surface area contributed by atoms with E-state index < -0.39 is 5.91 Å². The molecule has 0 aliphatic heterocycles. The van der Waals surface area contributed by atoms with Gasteiger partial charge in [0, 0.05) is 16.1 Å². The van der Waals surface area contributed by atoms with E-state index >= 15 is 0 Å². The number of hydrogen-bond acceptors (Lipinski definition) is 3. The first-order chi connectivity index (χ1) is 8.65. The summed E-state index contributed by atoms with van der Waals surface area (Å²) in [5.74, 6) is -0.404. The lowest BCUT2D eigenvalue weighted by molar-refractivity contribution is 0.1000. The maximum absolute atomic E-state index is 10.9. The van der Waals surface area contributed by atoms with Crippen LogP contribution in [0.1, 0.15) is 15.9 Å². The topological polar surface area (TPSA) is 55.1 Å². The SMILES string of the molecule is Cc1cccc(NSc2ccc(C(N)=O)cc2)c1. The number of benzene rings is 2. The van der Waals surface area contributed by atoms with Crippen molar-refractivity contribution in [2.45, 2.75) is 11.8 Å². The molecule has 0 radical (unpaired) electrons. The number of primary amides is 1. The Morgan fingerprint density at radius 1 is 1.17 bits per heavy atom. The second-order valence-corrected chi connectivity index (χ2v) is 4.84. The van der Waals surface area contributed by atoms with Crippen LogP contribution in [-0.2, 0) is 0 Å². The van der Waals surface area contributed by atoms with Crippen LogP contribution in [0.25, 0.3) is 0 Å². The van der Waals surface area contributed by atoms with Crippen molar-refractivity contribution >= 4 is 23.5 Å². The van der Waals surface area contributed by atoms with Crippen molar-refractivity contribution in [2.24, 2.45) is 5.73 Å². The van der Waals surface area contributed by atoms with Gasteiger partial charge in [-0.1, -0.05) is 12.1 Å². The first-order valence-electron chi connectivity index (χ1n) is 5.54. The van der Waals surface area contributed by atoms with Gasteiger partial charge < -0.3 is 10.5 Å². The van der Waals surface area contributed by atoms with Gasteiger partial charge in [-0.2, -0.15) is 0 Å². The van der Waals surface area contributed by atoms with Gasteiger partial charge in [-0.25, -0.2) is 0 Å². The third-order valence-corrected chi connectivity index (χ3v) is 3.29. The Balaban J connectivity index is 2.00. The van der Waals surface area contributed by atoms with E-state index in [1.54, 1.807) is 12.1 Å². The summed E-state index contributed by atoms with van der Waals surface area (Å²) in [7, 11) is 0. The van der Waals surface area contributed by atoms with Gasteiger partial charge >= 0.3 is 0 Å². The monoisotopic (exact) mass is 258 g/mol. The van der Waals surface area contributed by atoms with Crippen LogP contribution in [0.4, 0.5) is 5.69 Å². The highest BCUT2D eigenvalue weighted by atomic mass is 32.2. The first-order valence-corrected chi connectivity index (χ1v) is 6.36. The lowest BCUT2D eigenvalue weighted by Crippen LogP contribution is -2.10. The summed E-state index contributed by atoms with van der Waals surface area (Å²) in [5.41, 5.74) is 7.97. The summed E-state index contributed by atoms with van der Waals surface area (Å²) in [6, 6.07) is 15.3. The molecule has 2 aromatic rings. The van der Waals surface area contributed by atoms with Crippen molar-refractivity contribution in [1.29, 1.82) is 0 Å². The van der Waals surface area contributed by atoms with Crippen LogP contribution in [0.3, 0.4) is 0 Å². The smallest absolute Gasteiger partial charge is 0.248 e. The molecule has 0 aliphatic carbocycles. The van der Waals surface area contributed by atoms with Crippen LogP contribution < -0.4 is 10.5 Å². The van der Waals surface area contributed by atoms with Gasteiger partial charge in [0.1, 0.15) is 0 Å². The van der Waals surface area contributed by atoms with Gasteiger partial charge in [-0.15, -0.1) is 0 Å². The van der Waals surface area contributed by atoms with Crippen LogP contribution >= 0.6 is 11.9 Å². The van der Waals surface area contributed by atoms with Crippen LogP contribution in [0.5, 0.6) is 0 Å². The maximum atomic E-state index is 10.9. The molecule has 3 N–H and O–H groups in total. The Morgan fingerprint density at radius 2 is 1.89 bits per heavy atom. The van der Waals surface area contributed by atoms with Crippen molar-refractivity contribution in [3.63, 3.8) is 0 Å². The molecule has 0 heterocycles. The minimum Gasteiger partial charge on any atom is -0.366 e. The van der Waals surface area contributed by atoms with Crippen LogP contribution in [0.2, 0.25) is 0 Å². The Labute approximate surface area is 111 Å². The minimum absolute atomic E-state index is 0.404. The molecule has 3 nitrogen and oxygen atoms in total. The highest BCUT2D eigenvalue weighted by Crippen LogP contribution is 2.21. The fraction of sp³-hybridized carbons (Fsp3) is 0.0714. The van der Waals surface area contributed by atoms with Crippen molar-refractivity contribution in [1.82, 2.24) is 0 Å². The Bertz CT molecular complexity index is 552. The van der Waals surface area contributed by atoms with E-state index in [9.17, 15) is 4.79 Å². The zero-order valence-corrected chi connectivity index (χ0v) is 10.8. The fourth-order valence-electron chi connectivity index (χ4n) is 1.51.